The third-order valence-electron chi connectivity index (χ3n) is 1.21. The number of anilines is 1. The number of nitrogens with zero attached hydrogens (tertiary/aromatic N) is 1. The van der Waals surface area contributed by atoms with E-state index in [1.165, 1.54) is 6.07 Å². The molecular weight excluding hydrogens is 118 g/mol. The maximum Gasteiger partial charge on any atom is 0.249 e. The first kappa shape index (κ1) is 6.01. The van der Waals surface area contributed by atoms with Gasteiger partial charge in [0.1, 0.15) is 0 Å². The van der Waals surface area contributed by atoms with Crippen molar-refractivity contribution in [2.45, 2.75) is 0 Å². The molecule has 3 nitrogen and oxygen atoms in total. The van der Waals surface area contributed by atoms with Gasteiger partial charge in [-0.3, -0.25) is 9.59 Å². The average Bonchev–Trinajstić information content (AvgIpc) is 1.81. The predicted octanol–water partition coefficient (Wildman–Crippen LogP) is -0.651. The third kappa shape index (κ3) is 0.740. The highest BCUT2D eigenvalue weighted by molar-refractivity contribution is 5.48. The van der Waals surface area contributed by atoms with Gasteiger partial charge in [-0.15, -0.1) is 0 Å². The van der Waals surface area contributed by atoms with Gasteiger partial charge >= 0.3 is 0 Å². The van der Waals surface area contributed by atoms with Crippen molar-refractivity contribution in [2.75, 3.05) is 19.0 Å². The molecule has 0 aliphatic carbocycles. The molecule has 0 bridgehead atoms. The summed E-state index contributed by atoms with van der Waals surface area (Å²) in [7, 11) is 3.46. The fourth-order valence-corrected chi connectivity index (χ4v) is 0.636. The van der Waals surface area contributed by atoms with Crippen LogP contribution in [0.3, 0.4) is 0 Å². The van der Waals surface area contributed by atoms with Crippen LogP contribution in [0.2, 0.25) is 0 Å². The molecule has 0 atom stereocenters. The molecule has 0 N–H and O–H groups in total. The van der Waals surface area contributed by atoms with E-state index in [9.17, 15) is 9.59 Å². The Labute approximate surface area is 52.2 Å². The Hall–Kier alpha value is -1.12. The highest BCUT2D eigenvalue weighted by Crippen LogP contribution is 1.98. The molecule has 0 amide bonds. The van der Waals surface area contributed by atoms with Crippen molar-refractivity contribution in [3.05, 3.63) is 26.5 Å². The normalized spacial score (nSPS) is 10.0. The molecule has 3 heteroatoms. The van der Waals surface area contributed by atoms with Gasteiger partial charge in [-0.05, 0) is 0 Å². The van der Waals surface area contributed by atoms with Crippen molar-refractivity contribution in [1.29, 1.82) is 0 Å². The second-order valence-electron chi connectivity index (χ2n) is 2.12. The Bertz CT molecular complexity index is 281. The van der Waals surface area contributed by atoms with Gasteiger partial charge in [0.15, 0.2) is 0 Å². The molecule has 9 heavy (non-hydrogen) atoms. The van der Waals surface area contributed by atoms with Crippen LogP contribution >= 0.6 is 0 Å². The molecule has 0 heterocycles. The molecule has 0 aliphatic heterocycles. The minimum Gasteiger partial charge on any atom is -0.374 e. The van der Waals surface area contributed by atoms with E-state index in [4.69, 9.17) is 0 Å². The van der Waals surface area contributed by atoms with Crippen LogP contribution in [-0.4, -0.2) is 14.1 Å². The monoisotopic (exact) mass is 125 g/mol. The largest absolute Gasteiger partial charge is 0.374 e. The molecule has 48 valence electrons. The molecule has 1 aromatic carbocycles. The van der Waals surface area contributed by atoms with Crippen molar-refractivity contribution >= 4 is 5.69 Å². The van der Waals surface area contributed by atoms with E-state index in [0.717, 1.165) is 0 Å². The smallest absolute Gasteiger partial charge is 0.249 e. The molecule has 0 spiro atoms. The van der Waals surface area contributed by atoms with E-state index < -0.39 is 5.43 Å². The fourth-order valence-electron chi connectivity index (χ4n) is 0.636. The third-order valence-corrected chi connectivity index (χ3v) is 1.21. The summed E-state index contributed by atoms with van der Waals surface area (Å²) >= 11 is 0. The van der Waals surface area contributed by atoms with E-state index in [1.54, 1.807) is 19.0 Å². The zero-order valence-corrected chi connectivity index (χ0v) is 5.34. The van der Waals surface area contributed by atoms with Gasteiger partial charge in [-0.1, -0.05) is 0 Å². The lowest BCUT2D eigenvalue weighted by Gasteiger charge is -2.10. The average molecular weight is 125 g/mol. The van der Waals surface area contributed by atoms with Gasteiger partial charge in [0.25, 0.3) is 0 Å². The molecule has 1 rings (SSSR count). The summed E-state index contributed by atoms with van der Waals surface area (Å²) in [6.45, 7) is 0. The van der Waals surface area contributed by atoms with E-state index in [0.29, 0.717) is 5.69 Å². The Kier molecular flexibility index (Phi) is 1.12. The van der Waals surface area contributed by atoms with Crippen LogP contribution in [0.1, 0.15) is 0 Å². The van der Waals surface area contributed by atoms with Crippen LogP contribution in [0.15, 0.2) is 15.7 Å². The first-order valence-corrected chi connectivity index (χ1v) is 2.60. The summed E-state index contributed by atoms with van der Waals surface area (Å²) in [6, 6.07) is 1.34. The Morgan fingerprint density at radius 3 is 2.00 bits per heavy atom. The van der Waals surface area contributed by atoms with Crippen molar-refractivity contribution in [3.8, 4) is 0 Å². The summed E-state index contributed by atoms with van der Waals surface area (Å²) < 4.78 is 0. The topological polar surface area (TPSA) is 37.4 Å². The molecule has 0 aliphatic rings. The second kappa shape index (κ2) is 1.69. The highest BCUT2D eigenvalue weighted by atomic mass is 16.2. The van der Waals surface area contributed by atoms with Crippen molar-refractivity contribution in [2.24, 2.45) is 0 Å². The first-order chi connectivity index (χ1) is 4.13. The summed E-state index contributed by atoms with van der Waals surface area (Å²) in [5.74, 6) is 0. The number of hydrogen-bond donors (Lipinski definition) is 0. The zero-order valence-electron chi connectivity index (χ0n) is 5.34. The van der Waals surface area contributed by atoms with Crippen molar-refractivity contribution in [1.82, 2.24) is 0 Å². The van der Waals surface area contributed by atoms with Gasteiger partial charge in [0.2, 0.25) is 10.9 Å². The Morgan fingerprint density at radius 1 is 1.33 bits per heavy atom. The van der Waals surface area contributed by atoms with Crippen molar-refractivity contribution in [3.63, 3.8) is 0 Å². The summed E-state index contributed by atoms with van der Waals surface area (Å²) in [6.07, 6.45) is 0. The van der Waals surface area contributed by atoms with Gasteiger partial charge in [0.05, 0.1) is 5.69 Å². The molecule has 0 saturated carbocycles. The van der Waals surface area contributed by atoms with Gasteiger partial charge < -0.3 is 4.90 Å². The molecule has 0 aromatic heterocycles. The summed E-state index contributed by atoms with van der Waals surface area (Å²) in [5.41, 5.74) is -0.265. The minimum absolute atomic E-state index is 0.375. The molecule has 1 aromatic rings. The first-order valence-electron chi connectivity index (χ1n) is 2.60. The zero-order chi connectivity index (χ0) is 7.02. The lowest BCUT2D eigenvalue weighted by molar-refractivity contribution is 1.09. The quantitative estimate of drug-likeness (QED) is 0.468. The van der Waals surface area contributed by atoms with Crippen LogP contribution < -0.4 is 15.8 Å². The molecular formula is C6H7NO2. The van der Waals surface area contributed by atoms with Crippen LogP contribution in [0.25, 0.3) is 0 Å². The minimum atomic E-state index is -0.390. The SMILES string of the molecule is CN(C)c1cc(=O)c1=O. The predicted molar refractivity (Wildman–Crippen MR) is 35.7 cm³/mol. The van der Waals surface area contributed by atoms with Crippen LogP contribution in [-0.2, 0) is 0 Å². The standard InChI is InChI=1S/C6H7NO2/c1-7(2)4-3-5(8)6(4)9/h3H,1-2H3. The summed E-state index contributed by atoms with van der Waals surface area (Å²) in [4.78, 5) is 22.5. The van der Waals surface area contributed by atoms with Crippen LogP contribution in [0.4, 0.5) is 5.69 Å². The molecule has 0 radical (unpaired) electrons. The molecule has 0 fully saturated rings. The van der Waals surface area contributed by atoms with E-state index in [2.05, 4.69) is 0 Å². The number of rotatable bonds is 1. The van der Waals surface area contributed by atoms with E-state index in [-0.39, 0.29) is 5.43 Å². The number of hydrogen-bond acceptors (Lipinski definition) is 3. The highest BCUT2D eigenvalue weighted by Gasteiger charge is 2.09. The van der Waals surface area contributed by atoms with E-state index >= 15 is 0 Å². The lowest BCUT2D eigenvalue weighted by atomic mass is 10.2. The van der Waals surface area contributed by atoms with Gasteiger partial charge in [-0.2, -0.15) is 0 Å². The lowest BCUT2D eigenvalue weighted by Crippen LogP contribution is -2.35. The maximum absolute atomic E-state index is 10.5. The van der Waals surface area contributed by atoms with Gasteiger partial charge in [0, 0.05) is 20.2 Å². The molecule has 0 saturated heterocycles. The maximum atomic E-state index is 10.5. The molecule has 0 unspecified atom stereocenters. The van der Waals surface area contributed by atoms with Crippen LogP contribution in [0.5, 0.6) is 0 Å². The summed E-state index contributed by atoms with van der Waals surface area (Å²) in [5, 5.41) is 0. The Balaban J connectivity index is 3.06. The van der Waals surface area contributed by atoms with Gasteiger partial charge in [-0.25, -0.2) is 0 Å². The second-order valence-corrected chi connectivity index (χ2v) is 2.12. The fraction of sp³-hybridized carbons (Fsp3) is 0.333. The Morgan fingerprint density at radius 2 is 1.89 bits per heavy atom. The van der Waals surface area contributed by atoms with Crippen molar-refractivity contribution < 1.29 is 0 Å². The van der Waals surface area contributed by atoms with E-state index in [1.807, 2.05) is 0 Å². The van der Waals surface area contributed by atoms with Crippen LogP contribution in [0, 0.1) is 0 Å².